The molecule has 0 saturated heterocycles. The van der Waals surface area contributed by atoms with Gasteiger partial charge in [-0.15, -0.1) is 0 Å². The summed E-state index contributed by atoms with van der Waals surface area (Å²) in [6.07, 6.45) is -0.771. The number of amides is 1. The van der Waals surface area contributed by atoms with Gasteiger partial charge in [-0.1, -0.05) is 0 Å². The fraction of sp³-hybridized carbons (Fsp3) is 0.462. The summed E-state index contributed by atoms with van der Waals surface area (Å²) in [6.45, 7) is 0.129. The number of hydrogen-bond acceptors (Lipinski definition) is 4. The number of ether oxygens (including phenoxy) is 1. The second-order valence-corrected chi connectivity index (χ2v) is 4.58. The predicted octanol–water partition coefficient (Wildman–Crippen LogP) is 0.982. The van der Waals surface area contributed by atoms with Gasteiger partial charge in [0.05, 0.1) is 24.9 Å². The maximum absolute atomic E-state index is 13.4. The second kappa shape index (κ2) is 7.96. The third-order valence-electron chi connectivity index (χ3n) is 2.60. The fourth-order valence-corrected chi connectivity index (χ4v) is 1.73. The molecule has 8 heteroatoms. The van der Waals surface area contributed by atoms with Gasteiger partial charge in [-0.2, -0.15) is 0 Å². The molecule has 1 unspecified atom stereocenters. The molecule has 1 aromatic carbocycles. The number of hydrogen-bond donors (Lipinski definition) is 2. The van der Waals surface area contributed by atoms with E-state index in [1.54, 1.807) is 7.05 Å². The largest absolute Gasteiger partial charge is 0.389 e. The van der Waals surface area contributed by atoms with Gasteiger partial charge in [0.15, 0.2) is 17.5 Å². The molecule has 1 rings (SSSR count). The lowest BCUT2D eigenvalue weighted by molar-refractivity contribution is -0.117. The van der Waals surface area contributed by atoms with E-state index < -0.39 is 35.2 Å². The average Bonchev–Trinajstić information content (AvgIpc) is 2.39. The number of aliphatic hydroxyl groups excluding tert-OH is 1. The van der Waals surface area contributed by atoms with Crippen LogP contribution in [0, 0.1) is 17.5 Å². The molecule has 118 valence electrons. The molecule has 0 saturated carbocycles. The minimum absolute atomic E-state index is 0.115. The maximum Gasteiger partial charge on any atom is 0.238 e. The molecule has 0 aliphatic carbocycles. The van der Waals surface area contributed by atoms with Crippen LogP contribution in [0.1, 0.15) is 0 Å². The summed E-state index contributed by atoms with van der Waals surface area (Å²) < 4.78 is 43.9. The summed E-state index contributed by atoms with van der Waals surface area (Å²) in [5, 5.41) is 11.6. The van der Waals surface area contributed by atoms with Gasteiger partial charge in [-0.25, -0.2) is 13.2 Å². The van der Waals surface area contributed by atoms with E-state index in [-0.39, 0.29) is 19.7 Å². The monoisotopic (exact) mass is 306 g/mol. The van der Waals surface area contributed by atoms with Gasteiger partial charge in [0.25, 0.3) is 0 Å². The lowest BCUT2D eigenvalue weighted by Crippen LogP contribution is -2.37. The number of nitrogens with one attached hydrogen (secondary N) is 1. The summed E-state index contributed by atoms with van der Waals surface area (Å²) in [7, 11) is 3.00. The van der Waals surface area contributed by atoms with E-state index in [1.165, 1.54) is 12.0 Å². The third kappa shape index (κ3) is 5.33. The van der Waals surface area contributed by atoms with E-state index in [0.717, 1.165) is 12.1 Å². The zero-order valence-corrected chi connectivity index (χ0v) is 11.7. The Morgan fingerprint density at radius 2 is 2.05 bits per heavy atom. The normalized spacial score (nSPS) is 12.5. The van der Waals surface area contributed by atoms with Crippen molar-refractivity contribution >= 4 is 11.6 Å². The van der Waals surface area contributed by atoms with Gasteiger partial charge in [0.2, 0.25) is 5.91 Å². The lowest BCUT2D eigenvalue weighted by Gasteiger charge is -2.19. The summed E-state index contributed by atoms with van der Waals surface area (Å²) >= 11 is 0. The molecule has 0 aliphatic heterocycles. The van der Waals surface area contributed by atoms with Crippen molar-refractivity contribution < 1.29 is 27.8 Å². The second-order valence-electron chi connectivity index (χ2n) is 4.58. The number of nitrogens with zero attached hydrogens (tertiary/aromatic N) is 1. The zero-order chi connectivity index (χ0) is 16.0. The SMILES string of the molecule is COCC(O)CN(C)CC(=O)Nc1ccc(F)c(F)c1F. The summed E-state index contributed by atoms with van der Waals surface area (Å²) in [6, 6.07) is 1.66. The number of rotatable bonds is 7. The molecule has 2 N–H and O–H groups in total. The Balaban J connectivity index is 2.56. The van der Waals surface area contributed by atoms with Crippen molar-refractivity contribution in [2.24, 2.45) is 0 Å². The number of halogens is 3. The lowest BCUT2D eigenvalue weighted by atomic mass is 10.2. The molecule has 0 aliphatic rings. The molecule has 1 amide bonds. The van der Waals surface area contributed by atoms with Crippen molar-refractivity contribution in [1.29, 1.82) is 0 Å². The molecule has 0 bridgehead atoms. The van der Waals surface area contributed by atoms with Crippen LogP contribution in [-0.2, 0) is 9.53 Å². The molecule has 21 heavy (non-hydrogen) atoms. The van der Waals surface area contributed by atoms with E-state index in [0.29, 0.717) is 0 Å². The first kappa shape index (κ1) is 17.4. The van der Waals surface area contributed by atoms with Crippen molar-refractivity contribution in [2.75, 3.05) is 39.2 Å². The van der Waals surface area contributed by atoms with E-state index >= 15 is 0 Å². The van der Waals surface area contributed by atoms with Crippen LogP contribution in [0.15, 0.2) is 12.1 Å². The number of methoxy groups -OCH3 is 1. The first-order valence-electron chi connectivity index (χ1n) is 6.14. The molecule has 0 spiro atoms. The average molecular weight is 306 g/mol. The zero-order valence-electron chi connectivity index (χ0n) is 11.7. The highest BCUT2D eigenvalue weighted by molar-refractivity contribution is 5.92. The molecule has 0 heterocycles. The van der Waals surface area contributed by atoms with Crippen LogP contribution in [0.25, 0.3) is 0 Å². The first-order valence-corrected chi connectivity index (χ1v) is 6.14. The van der Waals surface area contributed by atoms with Crippen LogP contribution in [0.4, 0.5) is 18.9 Å². The predicted molar refractivity (Wildman–Crippen MR) is 70.3 cm³/mol. The Morgan fingerprint density at radius 3 is 2.67 bits per heavy atom. The highest BCUT2D eigenvalue weighted by Crippen LogP contribution is 2.19. The third-order valence-corrected chi connectivity index (χ3v) is 2.60. The molecule has 0 fully saturated rings. The van der Waals surface area contributed by atoms with E-state index in [4.69, 9.17) is 4.74 Å². The van der Waals surface area contributed by atoms with Crippen LogP contribution >= 0.6 is 0 Å². The van der Waals surface area contributed by atoms with Gasteiger partial charge in [0, 0.05) is 13.7 Å². The molecule has 1 atom stereocenters. The van der Waals surface area contributed by atoms with Crippen LogP contribution in [0.2, 0.25) is 0 Å². The molecule has 5 nitrogen and oxygen atoms in total. The highest BCUT2D eigenvalue weighted by atomic mass is 19.2. The summed E-state index contributed by atoms with van der Waals surface area (Å²) in [5.74, 6) is -5.04. The number of anilines is 1. The Hall–Kier alpha value is -1.64. The number of carbonyl (C=O) groups is 1. The quantitative estimate of drug-likeness (QED) is 0.737. The van der Waals surface area contributed by atoms with Crippen molar-refractivity contribution in [1.82, 2.24) is 4.90 Å². The first-order chi connectivity index (χ1) is 9.85. The number of carbonyl (C=O) groups excluding carboxylic acids is 1. The van der Waals surface area contributed by atoms with Gasteiger partial charge >= 0.3 is 0 Å². The number of likely N-dealkylation sites (N-methyl/N-ethyl adjacent to an activating group) is 1. The topological polar surface area (TPSA) is 61.8 Å². The van der Waals surface area contributed by atoms with Gasteiger partial charge in [-0.05, 0) is 19.2 Å². The minimum Gasteiger partial charge on any atom is -0.389 e. The van der Waals surface area contributed by atoms with E-state index in [1.807, 2.05) is 0 Å². The van der Waals surface area contributed by atoms with Crippen LogP contribution in [-0.4, -0.2) is 55.9 Å². The van der Waals surface area contributed by atoms with Gasteiger partial charge in [0.1, 0.15) is 0 Å². The molecule has 0 aromatic heterocycles. The molecular formula is C13H17F3N2O3. The van der Waals surface area contributed by atoms with Crippen LogP contribution < -0.4 is 5.32 Å². The van der Waals surface area contributed by atoms with Gasteiger partial charge < -0.3 is 15.2 Å². The van der Waals surface area contributed by atoms with Crippen LogP contribution in [0.3, 0.4) is 0 Å². The van der Waals surface area contributed by atoms with Gasteiger partial charge in [-0.3, -0.25) is 9.69 Å². The Morgan fingerprint density at radius 1 is 1.38 bits per heavy atom. The fourth-order valence-electron chi connectivity index (χ4n) is 1.73. The minimum atomic E-state index is -1.64. The van der Waals surface area contributed by atoms with E-state index in [2.05, 4.69) is 5.32 Å². The smallest absolute Gasteiger partial charge is 0.238 e. The molecule has 1 aromatic rings. The Labute approximate surface area is 120 Å². The Kier molecular flexibility index (Phi) is 6.60. The number of benzene rings is 1. The van der Waals surface area contributed by atoms with E-state index in [9.17, 15) is 23.1 Å². The molecular weight excluding hydrogens is 289 g/mol. The maximum atomic E-state index is 13.4. The van der Waals surface area contributed by atoms with Crippen LogP contribution in [0.5, 0.6) is 0 Å². The number of aliphatic hydroxyl groups is 1. The van der Waals surface area contributed by atoms with Crippen molar-refractivity contribution in [2.45, 2.75) is 6.10 Å². The van der Waals surface area contributed by atoms with Crippen molar-refractivity contribution in [3.8, 4) is 0 Å². The highest BCUT2D eigenvalue weighted by Gasteiger charge is 2.16. The van der Waals surface area contributed by atoms with Crippen molar-refractivity contribution in [3.63, 3.8) is 0 Å². The molecule has 0 radical (unpaired) electrons. The Bertz CT molecular complexity index is 500. The summed E-state index contributed by atoms with van der Waals surface area (Å²) in [4.78, 5) is 13.1. The van der Waals surface area contributed by atoms with Crippen molar-refractivity contribution in [3.05, 3.63) is 29.6 Å². The standard InChI is InChI=1S/C13H17F3N2O3/c1-18(5-8(19)7-21-2)6-11(20)17-10-4-3-9(14)12(15)13(10)16/h3-4,8,19H,5-7H2,1-2H3,(H,17,20). The summed E-state index contributed by atoms with van der Waals surface area (Å²) in [5.41, 5.74) is -0.440.